The third-order valence-electron chi connectivity index (χ3n) is 15.0. The van der Waals surface area contributed by atoms with E-state index in [1.165, 1.54) is 125 Å². The van der Waals surface area contributed by atoms with Gasteiger partial charge in [0.15, 0.2) is 0 Å². The van der Waals surface area contributed by atoms with Crippen LogP contribution < -0.4 is 13.7 Å². The number of rotatable bonds is 7. The van der Waals surface area contributed by atoms with Gasteiger partial charge < -0.3 is 0 Å². The Morgan fingerprint density at radius 3 is 1.38 bits per heavy atom. The topological polar surface area (TPSA) is 0 Å². The normalized spacial score (nSPS) is 17.0. The first-order chi connectivity index (χ1) is 30.9. The molecule has 64 heavy (non-hydrogen) atoms. The summed E-state index contributed by atoms with van der Waals surface area (Å²) in [6, 6.07) is 61.2. The van der Waals surface area contributed by atoms with Crippen LogP contribution in [-0.4, -0.2) is 9.52 Å². The maximum absolute atomic E-state index is 9.59. The summed E-state index contributed by atoms with van der Waals surface area (Å²) < 4.78 is 0.714. The number of hydrogen-bond acceptors (Lipinski definition) is 0. The molecule has 0 bridgehead atoms. The van der Waals surface area contributed by atoms with Crippen molar-refractivity contribution in [3.05, 3.63) is 231 Å². The molecule has 0 saturated carbocycles. The maximum atomic E-state index is 9.59. The average Bonchev–Trinajstić information content (AvgIpc) is 4.02. The van der Waals surface area contributed by atoms with Gasteiger partial charge in [-0.1, -0.05) is 0 Å². The average molecular weight is 1050 g/mol. The molecule has 313 valence electrons. The Hall–Kier alpha value is -5.09. The van der Waals surface area contributed by atoms with Gasteiger partial charge in [0.2, 0.25) is 0 Å². The molecule has 8 aromatic rings. The van der Waals surface area contributed by atoms with E-state index in [0.29, 0.717) is 0 Å². The predicted molar refractivity (Wildman–Crippen MR) is 277 cm³/mol. The Morgan fingerprint density at radius 1 is 0.422 bits per heavy atom. The van der Waals surface area contributed by atoms with Crippen LogP contribution in [0.2, 0.25) is 0 Å². The van der Waals surface area contributed by atoms with Crippen molar-refractivity contribution >= 4 is 63.7 Å². The van der Waals surface area contributed by atoms with E-state index in [1.807, 2.05) is 0 Å². The molecule has 1 aliphatic heterocycles. The van der Waals surface area contributed by atoms with Crippen LogP contribution in [0.5, 0.6) is 0 Å². The van der Waals surface area contributed by atoms with Crippen LogP contribution in [-0.2, 0) is 16.1 Å². The van der Waals surface area contributed by atoms with Crippen LogP contribution in [0.25, 0.3) is 56.7 Å². The third-order valence-corrected chi connectivity index (χ3v) is 46.3. The minimum absolute atomic E-state index is 0.261. The number of allylic oxidation sites excluding steroid dienone is 2. The van der Waals surface area contributed by atoms with Gasteiger partial charge in [-0.3, -0.25) is 0 Å². The summed E-state index contributed by atoms with van der Waals surface area (Å²) >= 11 is -6.14. The number of benzene rings is 8. The third kappa shape index (κ3) is 6.31. The molecular formula is C60H51Cl2HfSi. The fraction of sp³-hybridized carbons (Fsp3) is 0.133. The molecule has 0 amide bonds. The molecule has 0 saturated heterocycles. The molecule has 0 nitrogen and oxygen atoms in total. The van der Waals surface area contributed by atoms with Gasteiger partial charge in [-0.2, -0.15) is 0 Å². The monoisotopic (exact) mass is 1050 g/mol. The molecule has 0 aromatic heterocycles. The van der Waals surface area contributed by atoms with Gasteiger partial charge >= 0.3 is 393 Å². The van der Waals surface area contributed by atoms with E-state index in [0.717, 1.165) is 0 Å². The van der Waals surface area contributed by atoms with Crippen molar-refractivity contribution in [3.63, 3.8) is 0 Å². The summed E-state index contributed by atoms with van der Waals surface area (Å²) in [6.45, 7) is 13.4. The van der Waals surface area contributed by atoms with E-state index in [2.05, 4.69) is 217 Å². The predicted octanol–water partition coefficient (Wildman–Crippen LogP) is 14.2. The number of hydrogen-bond donors (Lipinski definition) is 0. The summed E-state index contributed by atoms with van der Waals surface area (Å²) in [4.78, 5) is 0. The van der Waals surface area contributed by atoms with Gasteiger partial charge in [0.25, 0.3) is 0 Å². The summed E-state index contributed by atoms with van der Waals surface area (Å²) in [5.74, 6) is 0. The van der Waals surface area contributed by atoms with Crippen molar-refractivity contribution in [2.45, 2.75) is 48.9 Å². The molecule has 11 rings (SSSR count). The van der Waals surface area contributed by atoms with E-state index >= 15 is 0 Å². The summed E-state index contributed by atoms with van der Waals surface area (Å²) in [7, 11) is 18.2. The molecule has 1 heterocycles. The van der Waals surface area contributed by atoms with Gasteiger partial charge in [0, 0.05) is 0 Å². The first-order valence-corrected chi connectivity index (χ1v) is 38.9. The van der Waals surface area contributed by atoms with E-state index in [1.54, 1.807) is 0 Å². The van der Waals surface area contributed by atoms with Crippen molar-refractivity contribution in [2.75, 3.05) is 0 Å². The van der Waals surface area contributed by atoms with E-state index in [-0.39, 0.29) is 7.35 Å². The van der Waals surface area contributed by atoms with E-state index in [4.69, 9.17) is 0 Å². The molecule has 2 unspecified atom stereocenters. The molecule has 2 atom stereocenters. The quantitative estimate of drug-likeness (QED) is 0.140. The SMILES string of the molecule is Cc1cc(C)c(C)c(-c2cccc3c2C=C(c2ccccc2)[CH]3[Hf]([Cl])([Cl])([c]2cccc3c2[SiH2]c2ccccc2-3)[CH]2C(c3ccccc3)=Cc3c(-c4cc(C)cc(C)c4C)cccc32)c1. The molecule has 8 aromatic carbocycles. The van der Waals surface area contributed by atoms with Crippen LogP contribution in [0.3, 0.4) is 0 Å². The Balaban J connectivity index is 1.28. The first-order valence-electron chi connectivity index (χ1n) is 22.7. The van der Waals surface area contributed by atoms with Crippen LogP contribution >= 0.6 is 17.2 Å². The zero-order chi connectivity index (χ0) is 44.1. The van der Waals surface area contributed by atoms with Gasteiger partial charge in [-0.05, 0) is 0 Å². The van der Waals surface area contributed by atoms with Crippen molar-refractivity contribution < 1.29 is 16.1 Å². The van der Waals surface area contributed by atoms with Gasteiger partial charge in [-0.25, -0.2) is 0 Å². The Labute approximate surface area is 389 Å². The van der Waals surface area contributed by atoms with Crippen LogP contribution in [0.1, 0.15) is 74.1 Å². The molecule has 0 N–H and O–H groups in total. The van der Waals surface area contributed by atoms with Crippen molar-refractivity contribution in [3.8, 4) is 33.4 Å². The molecule has 0 fully saturated rings. The standard InChI is InChI=1S/2C24H21.C12H9Si.2ClH.Hf/c2*1-16-12-17(2)18(3)23(13-16)22-11-7-10-20-14-21(15-24(20)22)19-8-5-4-6-9-19;1-3-7-11-9(5-1)10-6-2-4-8-12(10)13-11;;;/h2*4-15H,1-3H3;1-7H,13H2;2*1H;/q;;;;;+2/p-2. The van der Waals surface area contributed by atoms with Gasteiger partial charge in [-0.15, -0.1) is 0 Å². The minimum atomic E-state index is -6.14. The van der Waals surface area contributed by atoms with Crippen molar-refractivity contribution in [2.24, 2.45) is 0 Å². The summed E-state index contributed by atoms with van der Waals surface area (Å²) in [6.07, 6.45) is 4.96. The molecule has 0 radical (unpaired) electrons. The molecule has 3 aliphatic rings. The fourth-order valence-corrected chi connectivity index (χ4v) is 49.6. The summed E-state index contributed by atoms with van der Waals surface area (Å²) in [5.41, 5.74) is 25.2. The van der Waals surface area contributed by atoms with Gasteiger partial charge in [0.05, 0.1) is 0 Å². The zero-order valence-electron chi connectivity index (χ0n) is 37.4. The second kappa shape index (κ2) is 15.5. The molecule has 4 heteroatoms. The van der Waals surface area contributed by atoms with Crippen molar-refractivity contribution in [1.82, 2.24) is 0 Å². The molecule has 2 aliphatic carbocycles. The van der Waals surface area contributed by atoms with Crippen LogP contribution in [0, 0.1) is 41.5 Å². The van der Waals surface area contributed by atoms with Gasteiger partial charge in [0.1, 0.15) is 0 Å². The Kier molecular flexibility index (Phi) is 10.1. The Bertz CT molecular complexity index is 3130. The van der Waals surface area contributed by atoms with Crippen LogP contribution in [0.15, 0.2) is 164 Å². The molecular weight excluding hydrogens is 998 g/mol. The summed E-state index contributed by atoms with van der Waals surface area (Å²) in [5, 5.41) is 2.89. The second-order valence-electron chi connectivity index (χ2n) is 18.7. The second-order valence-corrected chi connectivity index (χ2v) is 49.8. The number of aryl methyl sites for hydroxylation is 4. The Morgan fingerprint density at radius 2 is 0.859 bits per heavy atom. The van der Waals surface area contributed by atoms with E-state index in [9.17, 15) is 17.2 Å². The first kappa shape index (κ1) is 41.6. The zero-order valence-corrected chi connectivity index (χ0v) is 43.9. The number of fused-ring (bicyclic) bond motifs is 5. The molecule has 0 spiro atoms. The number of halogens is 2. The fourth-order valence-electron chi connectivity index (χ4n) is 11.9. The van der Waals surface area contributed by atoms with E-state index < -0.39 is 25.7 Å². The van der Waals surface area contributed by atoms with Crippen LogP contribution in [0.4, 0.5) is 0 Å². The van der Waals surface area contributed by atoms with Crippen molar-refractivity contribution in [1.29, 1.82) is 0 Å².